The molecule has 0 radical (unpaired) electrons. The van der Waals surface area contributed by atoms with E-state index in [-0.39, 0.29) is 11.1 Å². The van der Waals surface area contributed by atoms with E-state index < -0.39 is 0 Å². The molecular weight excluding hydrogens is 140 g/mol. The molecule has 0 amide bonds. The summed E-state index contributed by atoms with van der Waals surface area (Å²) in [6.45, 7) is 8.26. The van der Waals surface area contributed by atoms with Gasteiger partial charge in [0.1, 0.15) is 0 Å². The summed E-state index contributed by atoms with van der Waals surface area (Å²) in [5, 5.41) is 15.4. The molecule has 0 aromatic heterocycles. The van der Waals surface area contributed by atoms with E-state index in [4.69, 9.17) is 5.21 Å². The van der Waals surface area contributed by atoms with E-state index in [1.165, 1.54) is 0 Å². The highest BCUT2D eigenvalue weighted by molar-refractivity contribution is 5.95. The lowest BCUT2D eigenvalue weighted by Gasteiger charge is -2.23. The summed E-state index contributed by atoms with van der Waals surface area (Å²) >= 11 is 0. The van der Waals surface area contributed by atoms with Gasteiger partial charge in [-0.2, -0.15) is 0 Å². The Morgan fingerprint density at radius 2 is 1.91 bits per heavy atom. The molecule has 0 unspecified atom stereocenters. The minimum Gasteiger partial charge on any atom is -0.411 e. The summed E-state index contributed by atoms with van der Waals surface area (Å²) in [5.41, 5.74) is 0.742. The lowest BCUT2D eigenvalue weighted by molar-refractivity contribution is 0.313. The normalized spacial score (nSPS) is 31.1. The molecule has 0 aromatic rings. The van der Waals surface area contributed by atoms with Gasteiger partial charge in [-0.25, -0.2) is 0 Å². The molecule has 0 aromatic carbocycles. The first kappa shape index (κ1) is 8.53. The topological polar surface area (TPSA) is 44.6 Å². The zero-order valence-corrected chi connectivity index (χ0v) is 7.60. The van der Waals surface area contributed by atoms with Crippen molar-refractivity contribution in [1.82, 2.24) is 5.32 Å². The van der Waals surface area contributed by atoms with E-state index in [0.29, 0.717) is 0 Å². The van der Waals surface area contributed by atoms with Gasteiger partial charge in [0.15, 0.2) is 0 Å². The summed E-state index contributed by atoms with van der Waals surface area (Å²) < 4.78 is 0. The predicted molar refractivity (Wildman–Crippen MR) is 45.1 cm³/mol. The smallest absolute Gasteiger partial charge is 0.0783 e. The molecule has 0 saturated carbocycles. The quantitative estimate of drug-likeness (QED) is 0.411. The third-order valence-electron chi connectivity index (χ3n) is 2.10. The molecule has 3 nitrogen and oxygen atoms in total. The average molecular weight is 156 g/mol. The van der Waals surface area contributed by atoms with Crippen molar-refractivity contribution in [1.29, 1.82) is 0 Å². The molecule has 3 heteroatoms. The summed E-state index contributed by atoms with van der Waals surface area (Å²) in [7, 11) is 0. The highest BCUT2D eigenvalue weighted by atomic mass is 16.4. The molecular formula is C8H16N2O. The highest BCUT2D eigenvalue weighted by Gasteiger charge is 2.41. The lowest BCUT2D eigenvalue weighted by Crippen LogP contribution is -2.45. The van der Waals surface area contributed by atoms with Gasteiger partial charge in [-0.15, -0.1) is 0 Å². The fourth-order valence-electron chi connectivity index (χ4n) is 1.76. The second kappa shape index (κ2) is 2.21. The monoisotopic (exact) mass is 156 g/mol. The largest absolute Gasteiger partial charge is 0.411 e. The first-order chi connectivity index (χ1) is 4.87. The van der Waals surface area contributed by atoms with Crippen LogP contribution >= 0.6 is 0 Å². The number of oxime groups is 1. The van der Waals surface area contributed by atoms with Crippen molar-refractivity contribution < 1.29 is 5.21 Å². The maximum absolute atomic E-state index is 8.68. The second-order valence-electron chi connectivity index (χ2n) is 4.36. The van der Waals surface area contributed by atoms with Gasteiger partial charge >= 0.3 is 0 Å². The Labute approximate surface area is 67.5 Å². The van der Waals surface area contributed by atoms with Crippen LogP contribution in [0, 0.1) is 0 Å². The van der Waals surface area contributed by atoms with Crippen LogP contribution in [0.3, 0.4) is 0 Å². The molecule has 1 aliphatic rings. The Kier molecular flexibility index (Phi) is 1.71. The third kappa shape index (κ3) is 1.53. The van der Waals surface area contributed by atoms with Crippen LogP contribution in [0.15, 0.2) is 5.16 Å². The minimum atomic E-state index is -0.155. The van der Waals surface area contributed by atoms with Crippen LogP contribution in [-0.2, 0) is 0 Å². The predicted octanol–water partition coefficient (Wildman–Crippen LogP) is 1.37. The average Bonchev–Trinajstić information content (AvgIpc) is 1.99. The zero-order chi connectivity index (χ0) is 8.70. The Morgan fingerprint density at radius 1 is 1.36 bits per heavy atom. The molecule has 1 fully saturated rings. The first-order valence-corrected chi connectivity index (χ1v) is 3.88. The maximum Gasteiger partial charge on any atom is 0.0783 e. The fourth-order valence-corrected chi connectivity index (χ4v) is 1.76. The Morgan fingerprint density at radius 3 is 2.09 bits per heavy atom. The van der Waals surface area contributed by atoms with Gasteiger partial charge in [0.25, 0.3) is 0 Å². The molecule has 0 bridgehead atoms. The molecule has 64 valence electrons. The number of hydrogen-bond donors (Lipinski definition) is 2. The summed E-state index contributed by atoms with van der Waals surface area (Å²) in [6.07, 6.45) is 0.816. The van der Waals surface area contributed by atoms with Crippen molar-refractivity contribution in [3.63, 3.8) is 0 Å². The molecule has 1 heterocycles. The molecule has 1 aliphatic heterocycles. The number of nitrogens with zero attached hydrogens (tertiary/aromatic N) is 1. The second-order valence-corrected chi connectivity index (χ2v) is 4.36. The van der Waals surface area contributed by atoms with E-state index in [9.17, 15) is 0 Å². The number of hydrogen-bond acceptors (Lipinski definition) is 3. The van der Waals surface area contributed by atoms with Gasteiger partial charge in [0, 0.05) is 12.0 Å². The molecule has 1 saturated heterocycles. The van der Waals surface area contributed by atoms with Gasteiger partial charge in [-0.1, -0.05) is 5.16 Å². The standard InChI is InChI=1S/C8H16N2O/c1-7(2)5-6(9-11)8(3,4)10-7/h10-11H,5H2,1-4H3/b9-6+. The van der Waals surface area contributed by atoms with Crippen LogP contribution < -0.4 is 5.32 Å². The van der Waals surface area contributed by atoms with Crippen LogP contribution in [-0.4, -0.2) is 22.0 Å². The lowest BCUT2D eigenvalue weighted by atomic mass is 9.98. The summed E-state index contributed by atoms with van der Waals surface area (Å²) in [6, 6.07) is 0. The van der Waals surface area contributed by atoms with Crippen molar-refractivity contribution in [3.8, 4) is 0 Å². The van der Waals surface area contributed by atoms with Crippen molar-refractivity contribution in [2.24, 2.45) is 5.16 Å². The highest BCUT2D eigenvalue weighted by Crippen LogP contribution is 2.27. The van der Waals surface area contributed by atoms with E-state index >= 15 is 0 Å². The van der Waals surface area contributed by atoms with Crippen LogP contribution in [0.25, 0.3) is 0 Å². The molecule has 0 atom stereocenters. The molecule has 0 spiro atoms. The number of nitrogens with one attached hydrogen (secondary N) is 1. The number of rotatable bonds is 0. The third-order valence-corrected chi connectivity index (χ3v) is 2.10. The van der Waals surface area contributed by atoms with Crippen LogP contribution in [0.2, 0.25) is 0 Å². The van der Waals surface area contributed by atoms with E-state index in [1.807, 2.05) is 13.8 Å². The van der Waals surface area contributed by atoms with Crippen LogP contribution in [0.4, 0.5) is 0 Å². The van der Waals surface area contributed by atoms with Gasteiger partial charge in [0.05, 0.1) is 11.3 Å². The van der Waals surface area contributed by atoms with Crippen LogP contribution in [0.5, 0.6) is 0 Å². The SMILES string of the molecule is CC1(C)C/C(=N\O)C(C)(C)N1. The van der Waals surface area contributed by atoms with E-state index in [1.54, 1.807) is 0 Å². The van der Waals surface area contributed by atoms with Gasteiger partial charge in [-0.3, -0.25) is 0 Å². The maximum atomic E-state index is 8.68. The molecule has 0 aliphatic carbocycles. The zero-order valence-electron chi connectivity index (χ0n) is 7.60. The van der Waals surface area contributed by atoms with Crippen LogP contribution in [0.1, 0.15) is 34.1 Å². The minimum absolute atomic E-state index is 0.0606. The summed E-state index contributed by atoms with van der Waals surface area (Å²) in [4.78, 5) is 0. The molecule has 11 heavy (non-hydrogen) atoms. The van der Waals surface area contributed by atoms with E-state index in [2.05, 4.69) is 24.3 Å². The Balaban J connectivity index is 2.89. The van der Waals surface area contributed by atoms with Crippen molar-refractivity contribution >= 4 is 5.71 Å². The molecule has 1 rings (SSSR count). The van der Waals surface area contributed by atoms with Crippen molar-refractivity contribution in [2.75, 3.05) is 0 Å². The van der Waals surface area contributed by atoms with Gasteiger partial charge < -0.3 is 10.5 Å². The van der Waals surface area contributed by atoms with Crippen molar-refractivity contribution in [2.45, 2.75) is 45.2 Å². The first-order valence-electron chi connectivity index (χ1n) is 3.88. The summed E-state index contributed by atoms with van der Waals surface area (Å²) in [5.74, 6) is 0. The van der Waals surface area contributed by atoms with Gasteiger partial charge in [0.2, 0.25) is 0 Å². The fraction of sp³-hybridized carbons (Fsp3) is 0.875. The Hall–Kier alpha value is -0.570. The Bertz CT molecular complexity index is 194. The van der Waals surface area contributed by atoms with Gasteiger partial charge in [-0.05, 0) is 27.7 Å². The molecule has 2 N–H and O–H groups in total. The van der Waals surface area contributed by atoms with E-state index in [0.717, 1.165) is 12.1 Å². The van der Waals surface area contributed by atoms with Crippen molar-refractivity contribution in [3.05, 3.63) is 0 Å².